The zero-order valence-electron chi connectivity index (χ0n) is 32.2. The Kier molecular flexibility index (Phi) is 8.47. The minimum atomic E-state index is 0.453. The molecule has 1 nitrogen and oxygen atoms in total. The standard InChI is InChI=1S/C56H45N/c1-3-13-38(14-4-1)51-21-11-12-22-56(51)57(45-29-33-49-43(35-45)25-23-40-17-7-9-19-47(40)49)46-30-34-50(55(37-46)39-15-5-2-6-16-39)44-26-24-42-28-31-52-48-20-10-8-18-41(48)27-32-53(52)54(42)36-44/h1,3-5,9,11-16,18-37,40,47H,2,6-8,10,17H2. The number of para-hydroxylation sites is 1. The van der Waals surface area contributed by atoms with Crippen LogP contribution in [0.15, 0.2) is 170 Å². The van der Waals surface area contributed by atoms with Crippen LogP contribution in [-0.4, -0.2) is 0 Å². The first kappa shape index (κ1) is 33.9. The number of nitrogens with zero attached hydrogens (tertiary/aromatic N) is 1. The lowest BCUT2D eigenvalue weighted by molar-refractivity contribution is 0.516. The predicted molar refractivity (Wildman–Crippen MR) is 244 cm³/mol. The number of allylic oxidation sites excluding steroid dienone is 7. The predicted octanol–water partition coefficient (Wildman–Crippen LogP) is 14.0. The molecule has 0 spiro atoms. The van der Waals surface area contributed by atoms with Crippen molar-refractivity contribution < 1.29 is 0 Å². The summed E-state index contributed by atoms with van der Waals surface area (Å²) in [5.41, 5.74) is 13.7. The largest absolute Gasteiger partial charge is 0.310 e. The molecule has 7 aromatic rings. The molecule has 11 rings (SSSR count). The minimum Gasteiger partial charge on any atom is -0.310 e. The summed E-state index contributed by atoms with van der Waals surface area (Å²) in [6.45, 7) is 0. The zero-order chi connectivity index (χ0) is 37.7. The smallest absolute Gasteiger partial charge is 0.0540 e. The molecular formula is C56H45N. The molecular weight excluding hydrogens is 687 g/mol. The molecule has 0 saturated carbocycles. The summed E-state index contributed by atoms with van der Waals surface area (Å²) in [6.07, 6.45) is 28.3. The van der Waals surface area contributed by atoms with Crippen molar-refractivity contribution in [3.63, 3.8) is 0 Å². The van der Waals surface area contributed by atoms with Crippen LogP contribution in [0.5, 0.6) is 0 Å². The highest BCUT2D eigenvalue weighted by atomic mass is 15.1. The molecule has 0 saturated heterocycles. The summed E-state index contributed by atoms with van der Waals surface area (Å²) in [5, 5.41) is 8.02. The average molecular weight is 732 g/mol. The molecule has 0 amide bonds. The lowest BCUT2D eigenvalue weighted by atomic mass is 9.74. The van der Waals surface area contributed by atoms with Gasteiger partial charge in [-0.05, 0) is 152 Å². The molecule has 57 heavy (non-hydrogen) atoms. The maximum absolute atomic E-state index is 2.49. The van der Waals surface area contributed by atoms with Crippen LogP contribution in [0.25, 0.3) is 67.6 Å². The Balaban J connectivity index is 1.11. The van der Waals surface area contributed by atoms with Crippen LogP contribution in [0.1, 0.15) is 61.1 Å². The van der Waals surface area contributed by atoms with E-state index < -0.39 is 0 Å². The molecule has 4 aliphatic carbocycles. The summed E-state index contributed by atoms with van der Waals surface area (Å²) in [7, 11) is 0. The van der Waals surface area contributed by atoms with Gasteiger partial charge in [0, 0.05) is 22.9 Å². The Labute approximate surface area is 335 Å². The Morgan fingerprint density at radius 2 is 1.32 bits per heavy atom. The van der Waals surface area contributed by atoms with E-state index in [0.29, 0.717) is 11.8 Å². The van der Waals surface area contributed by atoms with E-state index in [9.17, 15) is 0 Å². The van der Waals surface area contributed by atoms with E-state index in [1.54, 1.807) is 0 Å². The third kappa shape index (κ3) is 6.01. The Hall–Kier alpha value is -6.44. The van der Waals surface area contributed by atoms with Gasteiger partial charge in [0.25, 0.3) is 0 Å². The van der Waals surface area contributed by atoms with Gasteiger partial charge in [-0.15, -0.1) is 0 Å². The van der Waals surface area contributed by atoms with E-state index in [4.69, 9.17) is 0 Å². The molecule has 0 heterocycles. The molecule has 0 radical (unpaired) electrons. The summed E-state index contributed by atoms with van der Waals surface area (Å²) in [5.74, 6) is 1.04. The second-order valence-electron chi connectivity index (χ2n) is 16.1. The van der Waals surface area contributed by atoms with Crippen LogP contribution in [-0.2, 0) is 0 Å². The van der Waals surface area contributed by atoms with Crippen LogP contribution >= 0.6 is 0 Å². The molecule has 4 aliphatic rings. The number of rotatable bonds is 6. The van der Waals surface area contributed by atoms with Crippen molar-refractivity contribution in [2.24, 2.45) is 5.92 Å². The molecule has 0 aliphatic heterocycles. The fourth-order valence-corrected chi connectivity index (χ4v) is 9.93. The summed E-state index contributed by atoms with van der Waals surface area (Å²) in [4.78, 5) is 2.49. The van der Waals surface area contributed by atoms with Gasteiger partial charge in [-0.2, -0.15) is 0 Å². The first-order chi connectivity index (χ1) is 28.3. The number of hydrogen-bond acceptors (Lipinski definition) is 1. The Bertz CT molecular complexity index is 2970. The van der Waals surface area contributed by atoms with Crippen molar-refractivity contribution in [2.75, 3.05) is 4.90 Å². The van der Waals surface area contributed by atoms with Gasteiger partial charge in [-0.3, -0.25) is 0 Å². The van der Waals surface area contributed by atoms with Gasteiger partial charge in [0.2, 0.25) is 0 Å². The second-order valence-corrected chi connectivity index (χ2v) is 16.1. The molecule has 0 N–H and O–H groups in total. The van der Waals surface area contributed by atoms with Gasteiger partial charge in [0.05, 0.1) is 5.69 Å². The fourth-order valence-electron chi connectivity index (χ4n) is 9.93. The summed E-state index contributed by atoms with van der Waals surface area (Å²) in [6, 6.07) is 50.4. The molecule has 2 atom stereocenters. The summed E-state index contributed by atoms with van der Waals surface area (Å²) >= 11 is 0. The number of anilines is 3. The number of hydrogen-bond donors (Lipinski definition) is 0. The molecule has 2 unspecified atom stereocenters. The third-order valence-electron chi connectivity index (χ3n) is 12.8. The quantitative estimate of drug-likeness (QED) is 0.122. The van der Waals surface area contributed by atoms with Crippen molar-refractivity contribution >= 4 is 62.4 Å². The molecule has 0 aromatic heterocycles. The monoisotopic (exact) mass is 731 g/mol. The van der Waals surface area contributed by atoms with Crippen molar-refractivity contribution in [2.45, 2.75) is 44.4 Å². The first-order valence-corrected chi connectivity index (χ1v) is 20.9. The van der Waals surface area contributed by atoms with Gasteiger partial charge >= 0.3 is 0 Å². The third-order valence-corrected chi connectivity index (χ3v) is 12.8. The fraction of sp³-hybridized carbons (Fsp3) is 0.143. The second kappa shape index (κ2) is 14.3. The highest BCUT2D eigenvalue weighted by molar-refractivity contribution is 6.09. The maximum atomic E-state index is 2.49. The Morgan fingerprint density at radius 3 is 2.25 bits per heavy atom. The average Bonchev–Trinajstić information content (AvgIpc) is 3.29. The van der Waals surface area contributed by atoms with E-state index in [-0.39, 0.29) is 0 Å². The van der Waals surface area contributed by atoms with E-state index in [0.717, 1.165) is 31.4 Å². The molecule has 1 heteroatoms. The normalized spacial score (nSPS) is 17.9. The summed E-state index contributed by atoms with van der Waals surface area (Å²) < 4.78 is 0. The minimum absolute atomic E-state index is 0.453. The SMILES string of the molecule is C1=CC(c2cc(N(c3ccc4c(c3)C=CC3CCC=CC43)c3ccccc3-c3ccccc3)ccc2-c2ccc3ccc4c5c(ccc4c3c2)=CCCC=5)=CCC1. The number of benzene rings is 7. The molecule has 7 aromatic carbocycles. The topological polar surface area (TPSA) is 3.24 Å². The van der Waals surface area contributed by atoms with E-state index in [1.165, 1.54) is 101 Å². The maximum Gasteiger partial charge on any atom is 0.0540 e. The van der Waals surface area contributed by atoms with Gasteiger partial charge in [-0.1, -0.05) is 152 Å². The molecule has 0 fully saturated rings. The van der Waals surface area contributed by atoms with E-state index in [1.807, 2.05) is 0 Å². The van der Waals surface area contributed by atoms with Gasteiger partial charge < -0.3 is 4.90 Å². The van der Waals surface area contributed by atoms with Crippen molar-refractivity contribution in [3.8, 4) is 22.3 Å². The van der Waals surface area contributed by atoms with Crippen molar-refractivity contribution in [1.82, 2.24) is 0 Å². The molecule has 274 valence electrons. The van der Waals surface area contributed by atoms with Gasteiger partial charge in [0.15, 0.2) is 0 Å². The first-order valence-electron chi connectivity index (χ1n) is 20.9. The lowest BCUT2D eigenvalue weighted by Gasteiger charge is -2.33. The lowest BCUT2D eigenvalue weighted by Crippen LogP contribution is -2.26. The van der Waals surface area contributed by atoms with E-state index in [2.05, 4.69) is 193 Å². The highest BCUT2D eigenvalue weighted by Gasteiger charge is 2.27. The highest BCUT2D eigenvalue weighted by Crippen LogP contribution is 2.47. The number of fused-ring (bicyclic) bond motifs is 8. The van der Waals surface area contributed by atoms with Crippen LogP contribution in [0, 0.1) is 5.92 Å². The Morgan fingerprint density at radius 1 is 0.491 bits per heavy atom. The van der Waals surface area contributed by atoms with Crippen LogP contribution in [0.2, 0.25) is 0 Å². The van der Waals surface area contributed by atoms with Crippen LogP contribution in [0.3, 0.4) is 0 Å². The van der Waals surface area contributed by atoms with Crippen LogP contribution in [0.4, 0.5) is 17.1 Å². The van der Waals surface area contributed by atoms with E-state index >= 15 is 0 Å². The zero-order valence-corrected chi connectivity index (χ0v) is 32.2. The molecule has 0 bridgehead atoms. The van der Waals surface area contributed by atoms with Crippen molar-refractivity contribution in [3.05, 3.63) is 197 Å². The van der Waals surface area contributed by atoms with Gasteiger partial charge in [-0.25, -0.2) is 0 Å². The van der Waals surface area contributed by atoms with Crippen LogP contribution < -0.4 is 15.3 Å². The van der Waals surface area contributed by atoms with Gasteiger partial charge in [0.1, 0.15) is 0 Å². The van der Waals surface area contributed by atoms with Crippen molar-refractivity contribution in [1.29, 1.82) is 0 Å².